The van der Waals surface area contributed by atoms with Crippen LogP contribution in [0.5, 0.6) is 0 Å². The van der Waals surface area contributed by atoms with Crippen molar-refractivity contribution < 1.29 is 23.8 Å². The number of ether oxygens (including phenoxy) is 3. The third-order valence-corrected chi connectivity index (χ3v) is 9.51. The lowest BCUT2D eigenvalue weighted by Crippen LogP contribution is -2.61. The van der Waals surface area contributed by atoms with E-state index in [1.807, 2.05) is 13.0 Å². The van der Waals surface area contributed by atoms with Crippen LogP contribution in [0.1, 0.15) is 66.2 Å². The second-order valence-electron chi connectivity index (χ2n) is 11.2. The molecule has 1 heterocycles. The molecule has 7 atom stereocenters. The van der Waals surface area contributed by atoms with Gasteiger partial charge in [-0.1, -0.05) is 31.6 Å². The van der Waals surface area contributed by atoms with Gasteiger partial charge < -0.3 is 14.2 Å². The van der Waals surface area contributed by atoms with E-state index in [2.05, 4.69) is 32.9 Å². The molecule has 33 heavy (non-hydrogen) atoms. The molecule has 1 unspecified atom stereocenters. The quantitative estimate of drug-likeness (QED) is 0.434. The van der Waals surface area contributed by atoms with E-state index in [1.54, 1.807) is 6.08 Å². The molecule has 5 nitrogen and oxygen atoms in total. The van der Waals surface area contributed by atoms with E-state index in [1.165, 1.54) is 11.1 Å². The minimum Gasteiger partial charge on any atom is -0.382 e. The molecule has 3 fully saturated rings. The number of ketones is 2. The van der Waals surface area contributed by atoms with Crippen LogP contribution in [0.15, 0.2) is 35.5 Å². The molecule has 0 radical (unpaired) electrons. The smallest absolute Gasteiger partial charge is 0.190 e. The lowest BCUT2D eigenvalue weighted by molar-refractivity contribution is -0.267. The second kappa shape index (κ2) is 8.28. The zero-order chi connectivity index (χ0) is 23.4. The van der Waals surface area contributed by atoms with Crippen LogP contribution in [0, 0.1) is 28.6 Å². The summed E-state index contributed by atoms with van der Waals surface area (Å²) in [5.74, 6) is 1.38. The Morgan fingerprint density at radius 2 is 2.03 bits per heavy atom. The molecule has 5 aliphatic rings. The van der Waals surface area contributed by atoms with Crippen LogP contribution in [-0.2, 0) is 23.8 Å². The highest BCUT2D eigenvalue weighted by Crippen LogP contribution is 2.67. The van der Waals surface area contributed by atoms with Gasteiger partial charge in [-0.3, -0.25) is 9.59 Å². The fourth-order valence-electron chi connectivity index (χ4n) is 7.82. The zero-order valence-corrected chi connectivity index (χ0v) is 20.5. The van der Waals surface area contributed by atoms with Gasteiger partial charge in [0.05, 0.1) is 0 Å². The summed E-state index contributed by atoms with van der Waals surface area (Å²) in [6.45, 7) is 10.4. The van der Waals surface area contributed by atoms with Gasteiger partial charge in [-0.2, -0.15) is 0 Å². The number of hydrogen-bond donors (Lipinski definition) is 0. The van der Waals surface area contributed by atoms with E-state index in [0.717, 1.165) is 38.5 Å². The average molecular weight is 455 g/mol. The number of carbonyl (C=O) groups is 2. The van der Waals surface area contributed by atoms with Gasteiger partial charge in [0.2, 0.25) is 0 Å². The summed E-state index contributed by atoms with van der Waals surface area (Å²) >= 11 is 0. The Labute approximate surface area is 197 Å². The predicted octanol–water partition coefficient (Wildman–Crippen LogP) is 4.96. The standard InChI is InChI=1S/C28H38O5/c1-5-31-14-6-7-25-32-17-24(30)28(33-25)13-10-22-20-15-18(2)23-16-19(29)8-11-26(23,3)21(20)9-12-27(22,28)4/h8-9,11,16,18,20,22,25H,5-7,10,12-15,17H2,1-4H3/t18-,20+,22-,25?,26+,27-,28-/m0/s1. The van der Waals surface area contributed by atoms with Crippen LogP contribution in [0.4, 0.5) is 0 Å². The zero-order valence-electron chi connectivity index (χ0n) is 20.5. The molecular weight excluding hydrogens is 416 g/mol. The Kier molecular flexibility index (Phi) is 5.82. The van der Waals surface area contributed by atoms with Crippen molar-refractivity contribution in [1.29, 1.82) is 0 Å². The predicted molar refractivity (Wildman–Crippen MR) is 125 cm³/mol. The van der Waals surface area contributed by atoms with Gasteiger partial charge in [-0.05, 0) is 81.4 Å². The van der Waals surface area contributed by atoms with Crippen LogP contribution in [0.2, 0.25) is 0 Å². The van der Waals surface area contributed by atoms with Crippen LogP contribution >= 0.6 is 0 Å². The van der Waals surface area contributed by atoms with E-state index in [0.29, 0.717) is 31.0 Å². The average Bonchev–Trinajstić information content (AvgIpc) is 3.08. The fourth-order valence-corrected chi connectivity index (χ4v) is 7.82. The van der Waals surface area contributed by atoms with E-state index < -0.39 is 5.60 Å². The topological polar surface area (TPSA) is 61.8 Å². The normalized spacial score (nSPS) is 44.2. The van der Waals surface area contributed by atoms with Crippen LogP contribution in [0.25, 0.3) is 0 Å². The van der Waals surface area contributed by atoms with E-state index >= 15 is 0 Å². The molecule has 180 valence electrons. The number of Topliss-reactive ketones (excluding diaryl/α,β-unsaturated/α-hetero) is 1. The van der Waals surface area contributed by atoms with Crippen molar-refractivity contribution in [2.24, 2.45) is 28.6 Å². The molecule has 1 aliphatic heterocycles. The van der Waals surface area contributed by atoms with Crippen molar-refractivity contribution in [1.82, 2.24) is 0 Å². The van der Waals surface area contributed by atoms with Crippen LogP contribution in [-0.4, -0.2) is 43.3 Å². The lowest BCUT2D eigenvalue weighted by Gasteiger charge is -2.56. The fraction of sp³-hybridized carbons (Fsp3) is 0.714. The van der Waals surface area contributed by atoms with Crippen molar-refractivity contribution in [2.45, 2.75) is 78.1 Å². The first-order chi connectivity index (χ1) is 15.7. The number of hydrogen-bond acceptors (Lipinski definition) is 5. The van der Waals surface area contributed by atoms with E-state index in [9.17, 15) is 9.59 Å². The molecule has 5 heteroatoms. The third kappa shape index (κ3) is 3.37. The van der Waals surface area contributed by atoms with Gasteiger partial charge in [0.1, 0.15) is 12.2 Å². The number of carbonyl (C=O) groups excluding carboxylic acids is 2. The van der Waals surface area contributed by atoms with Gasteiger partial charge in [0.15, 0.2) is 17.9 Å². The Hall–Kier alpha value is -1.56. The summed E-state index contributed by atoms with van der Waals surface area (Å²) in [6, 6.07) is 0. The molecule has 0 bridgehead atoms. The van der Waals surface area contributed by atoms with Gasteiger partial charge in [-0.25, -0.2) is 0 Å². The first-order valence-electron chi connectivity index (χ1n) is 12.8. The lowest BCUT2D eigenvalue weighted by atomic mass is 9.49. The number of rotatable bonds is 5. The maximum Gasteiger partial charge on any atom is 0.190 e. The van der Waals surface area contributed by atoms with Crippen molar-refractivity contribution in [2.75, 3.05) is 19.8 Å². The second-order valence-corrected chi connectivity index (χ2v) is 11.2. The van der Waals surface area contributed by atoms with Crippen molar-refractivity contribution in [3.63, 3.8) is 0 Å². The highest BCUT2D eigenvalue weighted by Gasteiger charge is 2.67. The summed E-state index contributed by atoms with van der Waals surface area (Å²) < 4.78 is 17.9. The Balaban J connectivity index is 1.44. The Bertz CT molecular complexity index is 931. The summed E-state index contributed by atoms with van der Waals surface area (Å²) in [5, 5.41) is 0. The van der Waals surface area contributed by atoms with Crippen molar-refractivity contribution >= 4 is 11.6 Å². The molecule has 1 spiro atoms. The Morgan fingerprint density at radius 1 is 1.21 bits per heavy atom. The summed E-state index contributed by atoms with van der Waals surface area (Å²) in [6.07, 6.45) is 13.0. The van der Waals surface area contributed by atoms with Crippen LogP contribution < -0.4 is 0 Å². The minimum atomic E-state index is -0.757. The summed E-state index contributed by atoms with van der Waals surface area (Å²) in [5.41, 5.74) is 1.53. The first kappa shape index (κ1) is 23.2. The molecule has 0 aromatic heterocycles. The molecule has 2 saturated carbocycles. The maximum atomic E-state index is 13.4. The summed E-state index contributed by atoms with van der Waals surface area (Å²) in [4.78, 5) is 25.5. The number of fused-ring (bicyclic) bond motifs is 6. The van der Waals surface area contributed by atoms with E-state index in [4.69, 9.17) is 14.2 Å². The molecule has 5 rings (SSSR count). The number of allylic oxidation sites excluding steroid dienone is 6. The SMILES string of the molecule is CCOCCCC1OCC(=O)[C@]2(CC[C@H]3[C@@H]4C[C@H](C)C5=CC(=O)C=C[C@]5(C)C4=CC[C@@]32C)O1. The van der Waals surface area contributed by atoms with Gasteiger partial charge in [0.25, 0.3) is 0 Å². The molecule has 0 N–H and O–H groups in total. The third-order valence-electron chi connectivity index (χ3n) is 9.51. The van der Waals surface area contributed by atoms with Crippen molar-refractivity contribution in [3.05, 3.63) is 35.5 Å². The van der Waals surface area contributed by atoms with Gasteiger partial charge >= 0.3 is 0 Å². The molecule has 4 aliphatic carbocycles. The highest BCUT2D eigenvalue weighted by molar-refractivity contribution is 6.01. The first-order valence-corrected chi connectivity index (χ1v) is 12.8. The summed E-state index contributed by atoms with van der Waals surface area (Å²) in [7, 11) is 0. The molecular formula is C28H38O5. The van der Waals surface area contributed by atoms with E-state index in [-0.39, 0.29) is 35.3 Å². The maximum absolute atomic E-state index is 13.4. The largest absolute Gasteiger partial charge is 0.382 e. The van der Waals surface area contributed by atoms with Crippen LogP contribution in [0.3, 0.4) is 0 Å². The van der Waals surface area contributed by atoms with Crippen molar-refractivity contribution in [3.8, 4) is 0 Å². The Morgan fingerprint density at radius 3 is 2.82 bits per heavy atom. The molecule has 0 aromatic carbocycles. The monoisotopic (exact) mass is 454 g/mol. The van der Waals surface area contributed by atoms with Gasteiger partial charge in [-0.15, -0.1) is 0 Å². The molecule has 0 amide bonds. The molecule has 1 saturated heterocycles. The van der Waals surface area contributed by atoms with Gasteiger partial charge in [0, 0.05) is 30.5 Å². The highest BCUT2D eigenvalue weighted by atomic mass is 16.7. The molecule has 0 aromatic rings. The minimum absolute atomic E-state index is 0.102.